The van der Waals surface area contributed by atoms with Gasteiger partial charge >= 0.3 is 0 Å². The number of rotatable bonds is 7. The minimum atomic E-state index is -0.0583. The number of nitrogens with two attached hydrogens (primary N) is 1. The lowest BCUT2D eigenvalue weighted by molar-refractivity contribution is 0.0924. The Morgan fingerprint density at radius 2 is 1.76 bits per heavy atom. The van der Waals surface area contributed by atoms with Gasteiger partial charge in [0.15, 0.2) is 0 Å². The molecule has 5 heteroatoms. The molecule has 3 N–H and O–H groups in total. The second kappa shape index (κ2) is 8.10. The SMILES string of the molecule is CC(C)CC(CN(C)C)NC(=O)c1ccc(C(N)=S)cc1. The Morgan fingerprint density at radius 3 is 2.19 bits per heavy atom. The molecule has 1 aromatic rings. The van der Waals surface area contributed by atoms with E-state index in [2.05, 4.69) is 24.1 Å². The van der Waals surface area contributed by atoms with Crippen LogP contribution in [-0.4, -0.2) is 42.5 Å². The Kier molecular flexibility index (Phi) is 6.78. The highest BCUT2D eigenvalue weighted by molar-refractivity contribution is 7.80. The lowest BCUT2D eigenvalue weighted by atomic mass is 10.0. The smallest absolute Gasteiger partial charge is 0.251 e. The number of nitrogens with zero attached hydrogens (tertiary/aromatic N) is 1. The Bertz CT molecular complexity index is 473. The van der Waals surface area contributed by atoms with Gasteiger partial charge in [0, 0.05) is 23.7 Å². The van der Waals surface area contributed by atoms with Crippen LogP contribution in [0.2, 0.25) is 0 Å². The average Bonchev–Trinajstić information content (AvgIpc) is 2.37. The second-order valence-corrected chi connectivity index (χ2v) is 6.44. The van der Waals surface area contributed by atoms with Gasteiger partial charge in [-0.2, -0.15) is 0 Å². The molecule has 0 heterocycles. The molecule has 0 saturated carbocycles. The first-order valence-corrected chi connectivity index (χ1v) is 7.56. The van der Waals surface area contributed by atoms with Crippen LogP contribution in [0, 0.1) is 5.92 Å². The predicted octanol–water partition coefficient (Wildman–Crippen LogP) is 2.03. The number of hydrogen-bond donors (Lipinski definition) is 2. The lowest BCUT2D eigenvalue weighted by Gasteiger charge is -2.24. The maximum absolute atomic E-state index is 12.3. The molecule has 0 bridgehead atoms. The first-order chi connectivity index (χ1) is 9.79. The van der Waals surface area contributed by atoms with Gasteiger partial charge in [-0.05, 0) is 38.6 Å². The molecule has 1 atom stereocenters. The zero-order valence-electron chi connectivity index (χ0n) is 13.2. The zero-order valence-corrected chi connectivity index (χ0v) is 14.0. The second-order valence-electron chi connectivity index (χ2n) is 6.00. The van der Waals surface area contributed by atoms with Crippen LogP contribution >= 0.6 is 12.2 Å². The van der Waals surface area contributed by atoms with Gasteiger partial charge in [0.25, 0.3) is 5.91 Å². The molecule has 1 unspecified atom stereocenters. The fourth-order valence-electron chi connectivity index (χ4n) is 2.24. The van der Waals surface area contributed by atoms with E-state index in [9.17, 15) is 4.79 Å². The minimum Gasteiger partial charge on any atom is -0.389 e. The Balaban J connectivity index is 2.73. The molecule has 4 nitrogen and oxygen atoms in total. The molecule has 0 saturated heterocycles. The third-order valence-electron chi connectivity index (χ3n) is 3.11. The summed E-state index contributed by atoms with van der Waals surface area (Å²) in [5.41, 5.74) is 6.95. The Hall–Kier alpha value is -1.46. The van der Waals surface area contributed by atoms with E-state index in [1.54, 1.807) is 24.3 Å². The fraction of sp³-hybridized carbons (Fsp3) is 0.500. The zero-order chi connectivity index (χ0) is 16.0. The van der Waals surface area contributed by atoms with E-state index in [1.807, 2.05) is 14.1 Å². The van der Waals surface area contributed by atoms with E-state index in [4.69, 9.17) is 18.0 Å². The summed E-state index contributed by atoms with van der Waals surface area (Å²) < 4.78 is 0. The van der Waals surface area contributed by atoms with Crippen molar-refractivity contribution >= 4 is 23.1 Å². The van der Waals surface area contributed by atoms with Crippen molar-refractivity contribution in [1.82, 2.24) is 10.2 Å². The van der Waals surface area contributed by atoms with Gasteiger partial charge in [-0.15, -0.1) is 0 Å². The number of nitrogens with one attached hydrogen (secondary N) is 1. The largest absolute Gasteiger partial charge is 0.389 e. The maximum atomic E-state index is 12.3. The summed E-state index contributed by atoms with van der Waals surface area (Å²) in [6.45, 7) is 5.15. The predicted molar refractivity (Wildman–Crippen MR) is 91.6 cm³/mol. The van der Waals surface area contributed by atoms with Gasteiger partial charge in [-0.1, -0.05) is 38.2 Å². The third kappa shape index (κ3) is 6.23. The topological polar surface area (TPSA) is 58.4 Å². The van der Waals surface area contributed by atoms with Crippen LogP contribution < -0.4 is 11.1 Å². The van der Waals surface area contributed by atoms with Gasteiger partial charge in [0.1, 0.15) is 4.99 Å². The quantitative estimate of drug-likeness (QED) is 0.757. The number of likely N-dealkylation sites (N-methyl/N-ethyl adjacent to an activating group) is 1. The summed E-state index contributed by atoms with van der Waals surface area (Å²) in [6, 6.07) is 7.21. The molecule has 0 aromatic heterocycles. The Labute approximate surface area is 132 Å². The van der Waals surface area contributed by atoms with E-state index in [1.165, 1.54) is 0 Å². The van der Waals surface area contributed by atoms with E-state index in [-0.39, 0.29) is 11.9 Å². The van der Waals surface area contributed by atoms with Crippen molar-refractivity contribution in [3.05, 3.63) is 35.4 Å². The average molecular weight is 307 g/mol. The van der Waals surface area contributed by atoms with Gasteiger partial charge in [-0.3, -0.25) is 4.79 Å². The minimum absolute atomic E-state index is 0.0583. The van der Waals surface area contributed by atoms with Crippen molar-refractivity contribution in [1.29, 1.82) is 0 Å². The normalized spacial score (nSPS) is 12.5. The summed E-state index contributed by atoms with van der Waals surface area (Å²) in [5, 5.41) is 3.10. The maximum Gasteiger partial charge on any atom is 0.251 e. The van der Waals surface area contributed by atoms with Crippen molar-refractivity contribution in [3.8, 4) is 0 Å². The van der Waals surface area contributed by atoms with Crippen LogP contribution in [-0.2, 0) is 0 Å². The first kappa shape index (κ1) is 17.6. The molecule has 1 amide bonds. The van der Waals surface area contributed by atoms with Crippen molar-refractivity contribution in [2.24, 2.45) is 11.7 Å². The van der Waals surface area contributed by atoms with Crippen LogP contribution in [0.4, 0.5) is 0 Å². The standard InChI is InChI=1S/C16H25N3OS/c1-11(2)9-14(10-19(3)4)18-16(20)13-7-5-12(6-8-13)15(17)21/h5-8,11,14H,9-10H2,1-4H3,(H2,17,21)(H,18,20). The molecular weight excluding hydrogens is 282 g/mol. The number of amides is 1. The molecule has 21 heavy (non-hydrogen) atoms. The first-order valence-electron chi connectivity index (χ1n) is 7.15. The molecule has 0 aliphatic heterocycles. The molecule has 0 spiro atoms. The summed E-state index contributed by atoms with van der Waals surface area (Å²) in [5.74, 6) is 0.476. The summed E-state index contributed by atoms with van der Waals surface area (Å²) in [4.78, 5) is 14.7. The number of thiocarbonyl (C=S) groups is 1. The molecule has 0 radical (unpaired) electrons. The number of hydrogen-bond acceptors (Lipinski definition) is 3. The van der Waals surface area contributed by atoms with Gasteiger partial charge < -0.3 is 16.0 Å². The van der Waals surface area contributed by atoms with E-state index in [0.717, 1.165) is 18.5 Å². The van der Waals surface area contributed by atoms with E-state index >= 15 is 0 Å². The third-order valence-corrected chi connectivity index (χ3v) is 3.34. The monoisotopic (exact) mass is 307 g/mol. The summed E-state index contributed by atoms with van der Waals surface area (Å²) in [6.07, 6.45) is 0.953. The molecule has 116 valence electrons. The molecule has 1 aromatic carbocycles. The summed E-state index contributed by atoms with van der Waals surface area (Å²) in [7, 11) is 4.02. The highest BCUT2D eigenvalue weighted by Gasteiger charge is 2.16. The van der Waals surface area contributed by atoms with Gasteiger partial charge in [-0.25, -0.2) is 0 Å². The van der Waals surface area contributed by atoms with E-state index < -0.39 is 0 Å². The van der Waals surface area contributed by atoms with Crippen LogP contribution in [0.25, 0.3) is 0 Å². The van der Waals surface area contributed by atoms with Crippen LogP contribution in [0.15, 0.2) is 24.3 Å². The molecule has 1 rings (SSSR count). The molecule has 0 fully saturated rings. The fourth-order valence-corrected chi connectivity index (χ4v) is 2.38. The van der Waals surface area contributed by atoms with Crippen LogP contribution in [0.3, 0.4) is 0 Å². The summed E-state index contributed by atoms with van der Waals surface area (Å²) >= 11 is 4.91. The van der Waals surface area contributed by atoms with Crippen molar-refractivity contribution in [2.75, 3.05) is 20.6 Å². The molecular formula is C16H25N3OS. The van der Waals surface area contributed by atoms with E-state index in [0.29, 0.717) is 16.5 Å². The van der Waals surface area contributed by atoms with Crippen LogP contribution in [0.1, 0.15) is 36.2 Å². The number of benzene rings is 1. The number of carbonyl (C=O) groups excluding carboxylic acids is 1. The molecule has 0 aliphatic rings. The van der Waals surface area contributed by atoms with Crippen LogP contribution in [0.5, 0.6) is 0 Å². The highest BCUT2D eigenvalue weighted by Crippen LogP contribution is 2.09. The van der Waals surface area contributed by atoms with Crippen molar-refractivity contribution in [2.45, 2.75) is 26.3 Å². The number of carbonyl (C=O) groups is 1. The van der Waals surface area contributed by atoms with Crippen molar-refractivity contribution < 1.29 is 4.79 Å². The Morgan fingerprint density at radius 1 is 1.24 bits per heavy atom. The highest BCUT2D eigenvalue weighted by atomic mass is 32.1. The lowest BCUT2D eigenvalue weighted by Crippen LogP contribution is -2.42. The molecule has 0 aliphatic carbocycles. The van der Waals surface area contributed by atoms with Gasteiger partial charge in [0.05, 0.1) is 0 Å². The van der Waals surface area contributed by atoms with Gasteiger partial charge in [0.2, 0.25) is 0 Å². The van der Waals surface area contributed by atoms with Crippen molar-refractivity contribution in [3.63, 3.8) is 0 Å².